The van der Waals surface area contributed by atoms with E-state index in [4.69, 9.17) is 27.1 Å². The van der Waals surface area contributed by atoms with Crippen molar-refractivity contribution in [3.63, 3.8) is 0 Å². The van der Waals surface area contributed by atoms with Gasteiger partial charge in [-0.25, -0.2) is 9.97 Å². The number of halogens is 1. The van der Waals surface area contributed by atoms with Crippen LogP contribution in [0, 0.1) is 0 Å². The number of carbonyl (C=O) groups is 2. The highest BCUT2D eigenvalue weighted by molar-refractivity contribution is 6.30. The van der Waals surface area contributed by atoms with Crippen LogP contribution in [-0.2, 0) is 16.1 Å². The fraction of sp³-hybridized carbons (Fsp3) is 0.357. The summed E-state index contributed by atoms with van der Waals surface area (Å²) in [5.41, 5.74) is 10.3. The molecule has 2 aliphatic heterocycles. The predicted molar refractivity (Wildman–Crippen MR) is 143 cm³/mol. The molecule has 0 aliphatic carbocycles. The molecule has 2 amide bonds. The number of fused-ring (bicyclic) bond motifs is 1. The van der Waals surface area contributed by atoms with Crippen LogP contribution in [0.2, 0.25) is 5.02 Å². The first-order valence-corrected chi connectivity index (χ1v) is 13.0. The quantitative estimate of drug-likeness (QED) is 0.422. The van der Waals surface area contributed by atoms with Crippen LogP contribution in [0.5, 0.6) is 0 Å². The number of hydrogen-bond acceptors (Lipinski definition) is 7. The molecule has 0 unspecified atom stereocenters. The molecule has 38 heavy (non-hydrogen) atoms. The highest BCUT2D eigenvalue weighted by Gasteiger charge is 2.35. The minimum Gasteiger partial charge on any atom is -0.394 e. The molecule has 3 aromatic rings. The lowest BCUT2D eigenvalue weighted by Gasteiger charge is -2.26. The monoisotopic (exact) mass is 535 g/mol. The molecule has 3 heterocycles. The molecule has 0 bridgehead atoms. The van der Waals surface area contributed by atoms with Crippen LogP contribution in [-0.4, -0.2) is 57.7 Å². The fourth-order valence-corrected chi connectivity index (χ4v) is 5.19. The number of hydrogen-bond donors (Lipinski definition) is 3. The Morgan fingerprint density at radius 3 is 2.79 bits per heavy atom. The largest absolute Gasteiger partial charge is 0.394 e. The van der Waals surface area contributed by atoms with Crippen molar-refractivity contribution in [2.24, 2.45) is 0 Å². The first-order valence-electron chi connectivity index (χ1n) is 12.7. The van der Waals surface area contributed by atoms with Gasteiger partial charge in [-0.2, -0.15) is 0 Å². The molecule has 2 aliphatic rings. The summed E-state index contributed by atoms with van der Waals surface area (Å²) in [5.74, 6) is -0.0624. The van der Waals surface area contributed by atoms with Crippen LogP contribution < -0.4 is 11.1 Å². The Balaban J connectivity index is 1.33. The molecule has 0 radical (unpaired) electrons. The maximum Gasteiger partial charge on any atom is 0.255 e. The highest BCUT2D eigenvalue weighted by Crippen LogP contribution is 2.33. The number of anilines is 1. The van der Waals surface area contributed by atoms with Gasteiger partial charge in [0.2, 0.25) is 5.91 Å². The summed E-state index contributed by atoms with van der Waals surface area (Å²) in [6, 6.07) is 11.1. The van der Waals surface area contributed by atoms with E-state index in [1.54, 1.807) is 43.5 Å². The summed E-state index contributed by atoms with van der Waals surface area (Å²) in [6.07, 6.45) is 3.48. The van der Waals surface area contributed by atoms with Gasteiger partial charge in [0.05, 0.1) is 24.5 Å². The van der Waals surface area contributed by atoms with Crippen molar-refractivity contribution in [1.29, 1.82) is 0 Å². The molecule has 2 atom stereocenters. The van der Waals surface area contributed by atoms with E-state index in [-0.39, 0.29) is 24.3 Å². The number of nitrogens with one attached hydrogen (secondary N) is 1. The second kappa shape index (κ2) is 11.1. The van der Waals surface area contributed by atoms with Gasteiger partial charge in [0.15, 0.2) is 0 Å². The van der Waals surface area contributed by atoms with Crippen molar-refractivity contribution in [2.45, 2.75) is 44.3 Å². The minimum absolute atomic E-state index is 0.250. The van der Waals surface area contributed by atoms with Gasteiger partial charge in [0, 0.05) is 41.8 Å². The van der Waals surface area contributed by atoms with Gasteiger partial charge in [0.25, 0.3) is 5.91 Å². The maximum absolute atomic E-state index is 13.4. The van der Waals surface area contributed by atoms with Crippen molar-refractivity contribution in [3.8, 4) is 11.3 Å². The molecular formula is C28H30ClN5O4. The van der Waals surface area contributed by atoms with Crippen LogP contribution in [0.25, 0.3) is 11.3 Å². The summed E-state index contributed by atoms with van der Waals surface area (Å²) in [6.45, 7) is 3.06. The highest BCUT2D eigenvalue weighted by atomic mass is 35.5. The topological polar surface area (TPSA) is 131 Å². The summed E-state index contributed by atoms with van der Waals surface area (Å²) in [5, 5.41) is 13.2. The Morgan fingerprint density at radius 1 is 1.26 bits per heavy atom. The Kier molecular flexibility index (Phi) is 7.60. The normalized spacial score (nSPS) is 17.2. The second-order valence-electron chi connectivity index (χ2n) is 9.70. The van der Waals surface area contributed by atoms with Crippen molar-refractivity contribution in [1.82, 2.24) is 20.2 Å². The van der Waals surface area contributed by atoms with E-state index in [9.17, 15) is 14.7 Å². The zero-order valence-corrected chi connectivity index (χ0v) is 21.8. The third-order valence-electron chi connectivity index (χ3n) is 7.27. The molecule has 1 fully saturated rings. The van der Waals surface area contributed by atoms with Crippen LogP contribution in [0.4, 0.5) is 5.82 Å². The van der Waals surface area contributed by atoms with Gasteiger partial charge in [-0.15, -0.1) is 0 Å². The van der Waals surface area contributed by atoms with E-state index in [1.807, 2.05) is 12.1 Å². The standard InChI is InChI=1S/C28H30ClN5O4/c1-16(27(36)33-24(15-35)18-3-2-4-21(29)11-18)34-14-20-6-5-19(12-22(20)28(34)37)25-26(30)31-13-23(32-25)17-7-9-38-10-8-17/h2-6,11-13,16-17,24,35H,7-10,14-15H2,1H3,(H2,30,31)(H,33,36)/t16-,24-/m1/s1. The molecule has 0 saturated carbocycles. The Morgan fingerprint density at radius 2 is 2.05 bits per heavy atom. The lowest BCUT2D eigenvalue weighted by atomic mass is 9.96. The number of carbonyl (C=O) groups excluding carboxylic acids is 2. The van der Waals surface area contributed by atoms with Gasteiger partial charge in [0.1, 0.15) is 17.6 Å². The maximum atomic E-state index is 13.4. The number of nitrogens with zero attached hydrogens (tertiary/aromatic N) is 3. The first kappa shape index (κ1) is 26.1. The first-order chi connectivity index (χ1) is 18.4. The molecule has 1 saturated heterocycles. The minimum atomic E-state index is -0.756. The van der Waals surface area contributed by atoms with Gasteiger partial charge in [-0.1, -0.05) is 35.9 Å². The molecule has 1 aromatic heterocycles. The number of aromatic nitrogens is 2. The third-order valence-corrected chi connectivity index (χ3v) is 7.51. The molecule has 4 N–H and O–H groups in total. The SMILES string of the molecule is C[C@H](C(=O)N[C@H](CO)c1cccc(Cl)c1)N1Cc2ccc(-c3nc(C4CCOCC4)cnc3N)cc2C1=O. The smallest absolute Gasteiger partial charge is 0.255 e. The molecule has 0 spiro atoms. The zero-order valence-electron chi connectivity index (χ0n) is 21.1. The zero-order chi connectivity index (χ0) is 26.8. The molecule has 5 rings (SSSR count). The van der Waals surface area contributed by atoms with E-state index in [0.29, 0.717) is 53.0 Å². The number of aliphatic hydroxyl groups is 1. The number of benzene rings is 2. The Bertz CT molecular complexity index is 1360. The van der Waals surface area contributed by atoms with Gasteiger partial charge in [-0.05, 0) is 49.1 Å². The number of amides is 2. The number of nitrogens with two attached hydrogens (primary N) is 1. The summed E-state index contributed by atoms with van der Waals surface area (Å²) >= 11 is 6.07. The van der Waals surface area contributed by atoms with E-state index < -0.39 is 12.1 Å². The average Bonchev–Trinajstić information content (AvgIpc) is 3.27. The van der Waals surface area contributed by atoms with E-state index in [1.165, 1.54) is 4.90 Å². The van der Waals surface area contributed by atoms with Crippen molar-refractivity contribution >= 4 is 29.2 Å². The number of nitrogen functional groups attached to an aromatic ring is 1. The summed E-state index contributed by atoms with van der Waals surface area (Å²) in [7, 11) is 0. The van der Waals surface area contributed by atoms with Crippen molar-refractivity contribution < 1.29 is 19.4 Å². The average molecular weight is 536 g/mol. The van der Waals surface area contributed by atoms with Crippen LogP contribution in [0.3, 0.4) is 0 Å². The summed E-state index contributed by atoms with van der Waals surface area (Å²) in [4.78, 5) is 37.2. The van der Waals surface area contributed by atoms with Crippen LogP contribution >= 0.6 is 11.6 Å². The lowest BCUT2D eigenvalue weighted by Crippen LogP contribution is -2.46. The molecule has 10 heteroatoms. The third kappa shape index (κ3) is 5.22. The summed E-state index contributed by atoms with van der Waals surface area (Å²) < 4.78 is 5.46. The Labute approximate surface area is 226 Å². The molecule has 9 nitrogen and oxygen atoms in total. The van der Waals surface area contributed by atoms with E-state index in [2.05, 4.69) is 10.3 Å². The fourth-order valence-electron chi connectivity index (χ4n) is 4.99. The van der Waals surface area contributed by atoms with E-state index in [0.717, 1.165) is 24.1 Å². The van der Waals surface area contributed by atoms with Crippen molar-refractivity contribution in [2.75, 3.05) is 25.6 Å². The van der Waals surface area contributed by atoms with Crippen molar-refractivity contribution in [3.05, 3.63) is 76.1 Å². The molecule has 2 aromatic carbocycles. The molecule has 198 valence electrons. The van der Waals surface area contributed by atoms with E-state index >= 15 is 0 Å². The van der Waals surface area contributed by atoms with Crippen LogP contribution in [0.15, 0.2) is 48.7 Å². The Hall–Kier alpha value is -3.53. The van der Waals surface area contributed by atoms with Crippen LogP contribution in [0.1, 0.15) is 58.9 Å². The number of ether oxygens (including phenoxy) is 1. The predicted octanol–water partition coefficient (Wildman–Crippen LogP) is 3.47. The van der Waals surface area contributed by atoms with Gasteiger partial charge < -0.3 is 25.8 Å². The second-order valence-corrected chi connectivity index (χ2v) is 10.1. The lowest BCUT2D eigenvalue weighted by molar-refractivity contribution is -0.126. The molecular weight excluding hydrogens is 506 g/mol. The van der Waals surface area contributed by atoms with Gasteiger partial charge in [-0.3, -0.25) is 9.59 Å². The van der Waals surface area contributed by atoms with Gasteiger partial charge >= 0.3 is 0 Å². The number of rotatable bonds is 7. The number of aliphatic hydroxyl groups excluding tert-OH is 1.